The van der Waals surface area contributed by atoms with Crippen molar-refractivity contribution in [3.05, 3.63) is 45.9 Å². The van der Waals surface area contributed by atoms with Crippen LogP contribution in [0.3, 0.4) is 0 Å². The van der Waals surface area contributed by atoms with Gasteiger partial charge in [-0.25, -0.2) is 9.78 Å². The highest BCUT2D eigenvalue weighted by molar-refractivity contribution is 7.09. The molecule has 1 aromatic carbocycles. The molecule has 0 fully saturated rings. The molecule has 2 amide bonds. The molecule has 0 bridgehead atoms. The Morgan fingerprint density at radius 2 is 2.08 bits per heavy atom. The van der Waals surface area contributed by atoms with Gasteiger partial charge in [-0.2, -0.15) is 0 Å². The molecule has 5 nitrogen and oxygen atoms in total. The number of thiazole rings is 1. The maximum absolute atomic E-state index is 12.4. The predicted octanol–water partition coefficient (Wildman–Crippen LogP) is 4.61. The van der Waals surface area contributed by atoms with Gasteiger partial charge in [0.05, 0.1) is 12.2 Å². The second-order valence-electron chi connectivity index (χ2n) is 7.22. The van der Waals surface area contributed by atoms with Crippen molar-refractivity contribution in [3.63, 3.8) is 0 Å². The van der Waals surface area contributed by atoms with Crippen LogP contribution in [0, 0.1) is 12.8 Å². The SMILES string of the molecule is Cc1cccc(OCc2nc(CN(CC(C)C)C(=O)NC(C)C)cs2)c1. The summed E-state index contributed by atoms with van der Waals surface area (Å²) in [5, 5.41) is 5.88. The number of nitrogens with one attached hydrogen (secondary N) is 1. The number of rotatable bonds is 8. The molecule has 142 valence electrons. The number of ether oxygens (including phenoxy) is 1. The third kappa shape index (κ3) is 6.67. The minimum Gasteiger partial charge on any atom is -0.486 e. The van der Waals surface area contributed by atoms with Crippen LogP contribution in [0.5, 0.6) is 5.75 Å². The lowest BCUT2D eigenvalue weighted by molar-refractivity contribution is 0.184. The molecule has 26 heavy (non-hydrogen) atoms. The van der Waals surface area contributed by atoms with Crippen LogP contribution in [-0.2, 0) is 13.2 Å². The molecule has 0 aliphatic carbocycles. The number of hydrogen-bond donors (Lipinski definition) is 1. The third-order valence-corrected chi connectivity index (χ3v) is 4.46. The molecule has 6 heteroatoms. The van der Waals surface area contributed by atoms with E-state index in [1.807, 2.05) is 55.3 Å². The van der Waals surface area contributed by atoms with Gasteiger partial charge < -0.3 is 15.0 Å². The Balaban J connectivity index is 1.96. The largest absolute Gasteiger partial charge is 0.486 e. The Hall–Kier alpha value is -2.08. The fourth-order valence-electron chi connectivity index (χ4n) is 2.53. The second kappa shape index (κ2) is 9.57. The molecule has 0 saturated carbocycles. The second-order valence-corrected chi connectivity index (χ2v) is 8.16. The van der Waals surface area contributed by atoms with Crippen LogP contribution < -0.4 is 10.1 Å². The number of benzene rings is 1. The molecule has 0 unspecified atom stereocenters. The number of aromatic nitrogens is 1. The molecular weight excluding hydrogens is 346 g/mol. The van der Waals surface area contributed by atoms with Gasteiger partial charge in [0.25, 0.3) is 0 Å². The lowest BCUT2D eigenvalue weighted by Crippen LogP contribution is -2.44. The lowest BCUT2D eigenvalue weighted by atomic mass is 10.2. The molecule has 0 aliphatic heterocycles. The minimum atomic E-state index is -0.0424. The van der Waals surface area contributed by atoms with Crippen LogP contribution in [-0.4, -0.2) is 28.5 Å². The van der Waals surface area contributed by atoms with E-state index in [4.69, 9.17) is 4.74 Å². The summed E-state index contributed by atoms with van der Waals surface area (Å²) < 4.78 is 5.81. The van der Waals surface area contributed by atoms with Gasteiger partial charge in [-0.15, -0.1) is 11.3 Å². The quantitative estimate of drug-likeness (QED) is 0.733. The topological polar surface area (TPSA) is 54.5 Å². The van der Waals surface area contributed by atoms with Crippen molar-refractivity contribution in [1.29, 1.82) is 0 Å². The van der Waals surface area contributed by atoms with Gasteiger partial charge >= 0.3 is 6.03 Å². The van der Waals surface area contributed by atoms with Crippen molar-refractivity contribution in [2.75, 3.05) is 6.54 Å². The molecule has 0 saturated heterocycles. The fraction of sp³-hybridized carbons (Fsp3) is 0.500. The van der Waals surface area contributed by atoms with E-state index in [0.717, 1.165) is 16.5 Å². The van der Waals surface area contributed by atoms with Crippen molar-refractivity contribution in [2.24, 2.45) is 5.92 Å². The first kappa shape index (κ1) is 20.2. The Bertz CT molecular complexity index is 713. The molecule has 1 N–H and O–H groups in total. The van der Waals surface area contributed by atoms with Crippen molar-refractivity contribution in [2.45, 2.75) is 53.8 Å². The van der Waals surface area contributed by atoms with E-state index in [9.17, 15) is 4.79 Å². The molecule has 0 aliphatic rings. The van der Waals surface area contributed by atoms with Gasteiger partial charge in [-0.05, 0) is 44.4 Å². The van der Waals surface area contributed by atoms with Crippen LogP contribution in [0.2, 0.25) is 0 Å². The summed E-state index contributed by atoms with van der Waals surface area (Å²) in [5.41, 5.74) is 2.07. The predicted molar refractivity (Wildman–Crippen MR) is 107 cm³/mol. The molecule has 1 aromatic heterocycles. The van der Waals surface area contributed by atoms with E-state index < -0.39 is 0 Å². The fourth-order valence-corrected chi connectivity index (χ4v) is 3.23. The summed E-state index contributed by atoms with van der Waals surface area (Å²) in [6.45, 7) is 11.8. The zero-order valence-electron chi connectivity index (χ0n) is 16.3. The monoisotopic (exact) mass is 375 g/mol. The summed E-state index contributed by atoms with van der Waals surface area (Å²) >= 11 is 1.56. The molecule has 1 heterocycles. The highest BCUT2D eigenvalue weighted by atomic mass is 32.1. The van der Waals surface area contributed by atoms with Gasteiger partial charge in [0, 0.05) is 18.0 Å². The first-order valence-corrected chi connectivity index (χ1v) is 9.89. The Labute approximate surface area is 160 Å². The molecule has 0 radical (unpaired) electrons. The molecule has 0 atom stereocenters. The van der Waals surface area contributed by atoms with Gasteiger partial charge in [0.1, 0.15) is 17.4 Å². The van der Waals surface area contributed by atoms with E-state index in [1.54, 1.807) is 11.3 Å². The maximum Gasteiger partial charge on any atom is 0.317 e. The summed E-state index contributed by atoms with van der Waals surface area (Å²) in [5.74, 6) is 1.25. The third-order valence-electron chi connectivity index (χ3n) is 3.59. The normalized spacial score (nSPS) is 11.0. The van der Waals surface area contributed by atoms with E-state index in [0.29, 0.717) is 25.6 Å². The molecule has 0 spiro atoms. The lowest BCUT2D eigenvalue weighted by Gasteiger charge is -2.25. The van der Waals surface area contributed by atoms with Crippen molar-refractivity contribution < 1.29 is 9.53 Å². The number of urea groups is 1. The summed E-state index contributed by atoms with van der Waals surface area (Å²) in [6.07, 6.45) is 0. The van der Waals surface area contributed by atoms with Crippen molar-refractivity contribution in [3.8, 4) is 5.75 Å². The molecule has 2 rings (SSSR count). The average Bonchev–Trinajstić information content (AvgIpc) is 2.99. The minimum absolute atomic E-state index is 0.0424. The highest BCUT2D eigenvalue weighted by Crippen LogP contribution is 2.18. The van der Waals surface area contributed by atoms with Crippen LogP contribution in [0.1, 0.15) is 44.0 Å². The van der Waals surface area contributed by atoms with E-state index in [1.165, 1.54) is 5.56 Å². The average molecular weight is 376 g/mol. The van der Waals surface area contributed by atoms with Gasteiger partial charge in [-0.3, -0.25) is 0 Å². The molecule has 2 aromatic rings. The van der Waals surface area contributed by atoms with Gasteiger partial charge in [0.15, 0.2) is 0 Å². The Morgan fingerprint density at radius 1 is 1.31 bits per heavy atom. The number of amides is 2. The smallest absolute Gasteiger partial charge is 0.317 e. The summed E-state index contributed by atoms with van der Waals surface area (Å²) in [6, 6.07) is 8.05. The number of hydrogen-bond acceptors (Lipinski definition) is 4. The number of aryl methyl sites for hydroxylation is 1. The zero-order valence-corrected chi connectivity index (χ0v) is 17.1. The van der Waals surface area contributed by atoms with Crippen molar-refractivity contribution in [1.82, 2.24) is 15.2 Å². The first-order chi connectivity index (χ1) is 12.3. The van der Waals surface area contributed by atoms with Crippen LogP contribution in [0.15, 0.2) is 29.6 Å². The van der Waals surface area contributed by atoms with Crippen LogP contribution in [0.4, 0.5) is 4.79 Å². The summed E-state index contributed by atoms with van der Waals surface area (Å²) in [4.78, 5) is 18.9. The zero-order chi connectivity index (χ0) is 19.1. The molecular formula is C20H29N3O2S. The van der Waals surface area contributed by atoms with E-state index in [-0.39, 0.29) is 12.1 Å². The number of carbonyl (C=O) groups excluding carboxylic acids is 1. The van der Waals surface area contributed by atoms with Crippen LogP contribution >= 0.6 is 11.3 Å². The van der Waals surface area contributed by atoms with Crippen molar-refractivity contribution >= 4 is 17.4 Å². The Kier molecular flexibility index (Phi) is 7.45. The maximum atomic E-state index is 12.4. The highest BCUT2D eigenvalue weighted by Gasteiger charge is 2.17. The van der Waals surface area contributed by atoms with Gasteiger partial charge in [0.2, 0.25) is 0 Å². The number of carbonyl (C=O) groups is 1. The first-order valence-electron chi connectivity index (χ1n) is 9.01. The van der Waals surface area contributed by atoms with Gasteiger partial charge in [-0.1, -0.05) is 26.0 Å². The van der Waals surface area contributed by atoms with Crippen LogP contribution in [0.25, 0.3) is 0 Å². The Morgan fingerprint density at radius 3 is 2.73 bits per heavy atom. The number of nitrogens with zero attached hydrogens (tertiary/aromatic N) is 2. The summed E-state index contributed by atoms with van der Waals surface area (Å²) in [7, 11) is 0. The van der Waals surface area contributed by atoms with E-state index >= 15 is 0 Å². The van der Waals surface area contributed by atoms with E-state index in [2.05, 4.69) is 24.1 Å². The standard InChI is InChI=1S/C20H29N3O2S/c1-14(2)10-23(20(24)21-15(3)4)11-17-13-26-19(22-17)12-25-18-8-6-7-16(5)9-18/h6-9,13-15H,10-12H2,1-5H3,(H,21,24).